The molecule has 19 heavy (non-hydrogen) atoms. The Labute approximate surface area is 112 Å². The number of carboxylic acids is 1. The Hall–Kier alpha value is -2.11. The monoisotopic (exact) mass is 265 g/mol. The van der Waals surface area contributed by atoms with Crippen LogP contribution in [0.25, 0.3) is 0 Å². The molecule has 6 heteroatoms. The summed E-state index contributed by atoms with van der Waals surface area (Å²) in [5.74, 6) is -1.38. The van der Waals surface area contributed by atoms with Gasteiger partial charge in [0, 0.05) is 30.9 Å². The Morgan fingerprint density at radius 1 is 1.47 bits per heavy atom. The minimum atomic E-state index is -0.809. The van der Waals surface area contributed by atoms with E-state index in [0.717, 1.165) is 5.69 Å². The van der Waals surface area contributed by atoms with Gasteiger partial charge >= 0.3 is 5.97 Å². The maximum Gasteiger partial charge on any atom is 0.303 e. The Bertz CT molecular complexity index is 460. The van der Waals surface area contributed by atoms with Gasteiger partial charge in [-0.05, 0) is 32.4 Å². The van der Waals surface area contributed by atoms with Crippen molar-refractivity contribution in [2.75, 3.05) is 11.4 Å². The van der Waals surface area contributed by atoms with Crippen LogP contribution in [0.1, 0.15) is 37.2 Å². The fourth-order valence-corrected chi connectivity index (χ4v) is 1.82. The number of carbonyl (C=O) groups excluding carboxylic acids is 1. The van der Waals surface area contributed by atoms with E-state index in [-0.39, 0.29) is 18.2 Å². The number of carboxylic acid groups (broad SMARTS) is 1. The first-order valence-electron chi connectivity index (χ1n) is 6.16. The normalized spacial score (nSPS) is 10.5. The summed E-state index contributed by atoms with van der Waals surface area (Å²) >= 11 is 0. The molecule has 1 aromatic rings. The lowest BCUT2D eigenvalue weighted by Crippen LogP contribution is -2.32. The largest absolute Gasteiger partial charge is 0.481 e. The number of pyridine rings is 1. The van der Waals surface area contributed by atoms with Crippen molar-refractivity contribution in [1.29, 1.82) is 0 Å². The first-order valence-corrected chi connectivity index (χ1v) is 6.16. The van der Waals surface area contributed by atoms with E-state index in [1.807, 2.05) is 18.7 Å². The van der Waals surface area contributed by atoms with Crippen molar-refractivity contribution in [3.63, 3.8) is 0 Å². The number of amides is 1. The highest BCUT2D eigenvalue weighted by atomic mass is 16.4. The third-order valence-corrected chi connectivity index (χ3v) is 2.74. The van der Waals surface area contributed by atoms with Crippen molar-refractivity contribution in [2.24, 2.45) is 5.73 Å². The van der Waals surface area contributed by atoms with Crippen LogP contribution in [-0.2, 0) is 4.79 Å². The van der Waals surface area contributed by atoms with E-state index in [9.17, 15) is 9.59 Å². The molecule has 1 aromatic heterocycles. The van der Waals surface area contributed by atoms with E-state index in [2.05, 4.69) is 4.98 Å². The number of aliphatic carboxylic acids is 1. The number of primary amides is 1. The predicted molar refractivity (Wildman–Crippen MR) is 72.1 cm³/mol. The van der Waals surface area contributed by atoms with Gasteiger partial charge in [0.15, 0.2) is 0 Å². The van der Waals surface area contributed by atoms with Gasteiger partial charge in [-0.25, -0.2) is 0 Å². The summed E-state index contributed by atoms with van der Waals surface area (Å²) in [5.41, 5.74) is 6.23. The number of aromatic nitrogens is 1. The van der Waals surface area contributed by atoms with Crippen molar-refractivity contribution in [2.45, 2.75) is 32.7 Å². The Morgan fingerprint density at radius 2 is 2.16 bits per heavy atom. The molecule has 0 atom stereocenters. The molecule has 0 saturated heterocycles. The molecule has 0 spiro atoms. The lowest BCUT2D eigenvalue weighted by atomic mass is 10.2. The van der Waals surface area contributed by atoms with Gasteiger partial charge in [-0.2, -0.15) is 0 Å². The summed E-state index contributed by atoms with van der Waals surface area (Å²) in [6.45, 7) is 4.61. The van der Waals surface area contributed by atoms with E-state index in [1.165, 1.54) is 6.20 Å². The summed E-state index contributed by atoms with van der Waals surface area (Å²) in [6, 6.07) is 3.60. The van der Waals surface area contributed by atoms with Gasteiger partial charge in [-0.1, -0.05) is 0 Å². The first kappa shape index (κ1) is 14.9. The van der Waals surface area contributed by atoms with Crippen LogP contribution in [0.15, 0.2) is 18.3 Å². The molecule has 104 valence electrons. The van der Waals surface area contributed by atoms with Crippen molar-refractivity contribution < 1.29 is 14.7 Å². The summed E-state index contributed by atoms with van der Waals surface area (Å²) < 4.78 is 0. The molecule has 0 aromatic carbocycles. The number of rotatable bonds is 7. The highest BCUT2D eigenvalue weighted by Crippen LogP contribution is 2.18. The Kier molecular flexibility index (Phi) is 5.29. The molecule has 1 amide bonds. The van der Waals surface area contributed by atoms with Crippen LogP contribution in [0.4, 0.5) is 5.69 Å². The highest BCUT2D eigenvalue weighted by molar-refractivity contribution is 5.91. The smallest absolute Gasteiger partial charge is 0.303 e. The molecule has 3 N–H and O–H groups in total. The lowest BCUT2D eigenvalue weighted by molar-refractivity contribution is -0.137. The van der Waals surface area contributed by atoms with Gasteiger partial charge in [0.25, 0.3) is 5.91 Å². The van der Waals surface area contributed by atoms with E-state index in [4.69, 9.17) is 10.8 Å². The zero-order valence-corrected chi connectivity index (χ0v) is 11.2. The van der Waals surface area contributed by atoms with Crippen LogP contribution in [0.5, 0.6) is 0 Å². The molecule has 6 nitrogen and oxygen atoms in total. The minimum Gasteiger partial charge on any atom is -0.481 e. The van der Waals surface area contributed by atoms with Crippen LogP contribution >= 0.6 is 0 Å². The molecular formula is C13H19N3O3. The summed E-state index contributed by atoms with van der Waals surface area (Å²) in [5, 5.41) is 8.66. The number of hydrogen-bond donors (Lipinski definition) is 2. The zero-order valence-electron chi connectivity index (χ0n) is 11.2. The van der Waals surface area contributed by atoms with Crippen molar-refractivity contribution in [3.05, 3.63) is 24.0 Å². The maximum absolute atomic E-state index is 11.1. The standard InChI is InChI=1S/C13H19N3O3/c1-9(2)16(7-3-4-12(17)18)10-5-6-15-11(8-10)13(14)19/h5-6,8-9H,3-4,7H2,1-2H3,(H2,14,19)(H,17,18). The second-order valence-electron chi connectivity index (χ2n) is 4.55. The number of carbonyl (C=O) groups is 2. The molecule has 1 heterocycles. The molecule has 0 saturated carbocycles. The van der Waals surface area contributed by atoms with Gasteiger partial charge in [0.1, 0.15) is 5.69 Å². The topological polar surface area (TPSA) is 96.5 Å². The third-order valence-electron chi connectivity index (χ3n) is 2.74. The molecule has 0 aliphatic carbocycles. The van der Waals surface area contributed by atoms with Crippen molar-refractivity contribution in [3.8, 4) is 0 Å². The summed E-state index contributed by atoms with van der Waals surface area (Å²) in [7, 11) is 0. The van der Waals surface area contributed by atoms with Crippen LogP contribution in [-0.4, -0.2) is 34.6 Å². The highest BCUT2D eigenvalue weighted by Gasteiger charge is 2.13. The van der Waals surface area contributed by atoms with E-state index in [0.29, 0.717) is 13.0 Å². The molecular weight excluding hydrogens is 246 g/mol. The van der Waals surface area contributed by atoms with Crippen molar-refractivity contribution >= 4 is 17.6 Å². The number of nitrogens with two attached hydrogens (primary N) is 1. The fraction of sp³-hybridized carbons (Fsp3) is 0.462. The van der Waals surface area contributed by atoms with Gasteiger partial charge in [0.2, 0.25) is 0 Å². The molecule has 0 fully saturated rings. The third kappa shape index (κ3) is 4.57. The van der Waals surface area contributed by atoms with E-state index >= 15 is 0 Å². The van der Waals surface area contributed by atoms with E-state index < -0.39 is 11.9 Å². The lowest BCUT2D eigenvalue weighted by Gasteiger charge is -2.29. The van der Waals surface area contributed by atoms with Gasteiger partial charge in [0.05, 0.1) is 0 Å². The molecule has 0 aliphatic heterocycles. The van der Waals surface area contributed by atoms with Crippen LogP contribution in [0, 0.1) is 0 Å². The van der Waals surface area contributed by atoms with E-state index in [1.54, 1.807) is 12.1 Å². The van der Waals surface area contributed by atoms with Crippen LogP contribution < -0.4 is 10.6 Å². The quantitative estimate of drug-likeness (QED) is 0.773. The van der Waals surface area contributed by atoms with Crippen molar-refractivity contribution in [1.82, 2.24) is 4.98 Å². The van der Waals surface area contributed by atoms with Gasteiger partial charge < -0.3 is 15.7 Å². The van der Waals surface area contributed by atoms with Gasteiger partial charge in [-0.3, -0.25) is 14.6 Å². The zero-order chi connectivity index (χ0) is 14.4. The minimum absolute atomic E-state index is 0.122. The molecule has 0 radical (unpaired) electrons. The van der Waals surface area contributed by atoms with Gasteiger partial charge in [-0.15, -0.1) is 0 Å². The number of anilines is 1. The first-order chi connectivity index (χ1) is 8.91. The number of nitrogens with zero attached hydrogens (tertiary/aromatic N) is 2. The Morgan fingerprint density at radius 3 is 2.68 bits per heavy atom. The summed E-state index contributed by atoms with van der Waals surface area (Å²) in [6.07, 6.45) is 2.20. The SMILES string of the molecule is CC(C)N(CCCC(=O)O)c1ccnc(C(N)=O)c1. The Balaban J connectivity index is 2.83. The molecule has 0 unspecified atom stereocenters. The maximum atomic E-state index is 11.1. The fourth-order valence-electron chi connectivity index (χ4n) is 1.82. The predicted octanol–water partition coefficient (Wildman–Crippen LogP) is 1.26. The van der Waals surface area contributed by atoms with Crippen LogP contribution in [0.2, 0.25) is 0 Å². The van der Waals surface area contributed by atoms with Crippen LogP contribution in [0.3, 0.4) is 0 Å². The number of hydrogen-bond acceptors (Lipinski definition) is 4. The second-order valence-corrected chi connectivity index (χ2v) is 4.55. The molecule has 0 bridgehead atoms. The average molecular weight is 265 g/mol. The average Bonchev–Trinajstić information content (AvgIpc) is 2.34. The summed E-state index contributed by atoms with van der Waals surface area (Å²) in [4.78, 5) is 27.6. The molecule has 1 rings (SSSR count). The second kappa shape index (κ2) is 6.72. The molecule has 0 aliphatic rings.